The molecule has 1 saturated heterocycles. The van der Waals surface area contributed by atoms with Gasteiger partial charge in [-0.05, 0) is 52.4 Å². The number of hydrogen-bond acceptors (Lipinski definition) is 3. The van der Waals surface area contributed by atoms with Gasteiger partial charge in [-0.15, -0.1) is 0 Å². The first-order valence-electron chi connectivity index (χ1n) is 8.08. The molecule has 2 heterocycles. The van der Waals surface area contributed by atoms with E-state index >= 15 is 0 Å². The number of aromatic nitrogens is 2. The van der Waals surface area contributed by atoms with E-state index < -0.39 is 0 Å². The third-order valence-corrected chi connectivity index (χ3v) is 5.27. The summed E-state index contributed by atoms with van der Waals surface area (Å²) in [7, 11) is 0. The van der Waals surface area contributed by atoms with Gasteiger partial charge >= 0.3 is 0 Å². The fraction of sp³-hybridized carbons (Fsp3) is 0.812. The summed E-state index contributed by atoms with van der Waals surface area (Å²) < 4.78 is 0. The van der Waals surface area contributed by atoms with Crippen molar-refractivity contribution in [3.05, 3.63) is 11.4 Å². The number of piperidine rings is 1. The van der Waals surface area contributed by atoms with Crippen LogP contribution >= 0.6 is 0 Å². The minimum absolute atomic E-state index is 0.633. The maximum Gasteiger partial charge on any atom is 0.0825 e. The van der Waals surface area contributed by atoms with Gasteiger partial charge in [0.15, 0.2) is 0 Å². The summed E-state index contributed by atoms with van der Waals surface area (Å²) in [5, 5.41) is 11.3. The van der Waals surface area contributed by atoms with Crippen molar-refractivity contribution in [2.24, 2.45) is 11.8 Å². The van der Waals surface area contributed by atoms with E-state index in [2.05, 4.69) is 48.1 Å². The van der Waals surface area contributed by atoms with E-state index in [1.165, 1.54) is 43.7 Å². The topological polar surface area (TPSA) is 44.0 Å². The maximum atomic E-state index is 4.32. The number of H-pyrrole nitrogens is 1. The highest BCUT2D eigenvalue weighted by Gasteiger charge is 2.40. The minimum Gasteiger partial charge on any atom is -0.379 e. The van der Waals surface area contributed by atoms with E-state index in [0.717, 1.165) is 17.5 Å². The second-order valence-electron chi connectivity index (χ2n) is 6.98. The quantitative estimate of drug-likeness (QED) is 0.892. The van der Waals surface area contributed by atoms with Crippen molar-refractivity contribution in [2.75, 3.05) is 18.4 Å². The largest absolute Gasteiger partial charge is 0.379 e. The molecule has 4 nitrogen and oxygen atoms in total. The van der Waals surface area contributed by atoms with Crippen molar-refractivity contribution < 1.29 is 0 Å². The third-order valence-electron chi connectivity index (χ3n) is 5.27. The third kappa shape index (κ3) is 2.46. The molecule has 4 heteroatoms. The molecule has 2 fully saturated rings. The molecule has 0 amide bonds. The van der Waals surface area contributed by atoms with Gasteiger partial charge in [0, 0.05) is 25.2 Å². The van der Waals surface area contributed by atoms with Crippen molar-refractivity contribution in [3.63, 3.8) is 0 Å². The van der Waals surface area contributed by atoms with Crippen LogP contribution in [0.3, 0.4) is 0 Å². The maximum absolute atomic E-state index is 4.32. The number of nitrogens with one attached hydrogen (secondary N) is 2. The van der Waals surface area contributed by atoms with Crippen LogP contribution in [0.5, 0.6) is 0 Å². The summed E-state index contributed by atoms with van der Waals surface area (Å²) in [6.45, 7) is 11.4. The predicted molar refractivity (Wildman–Crippen MR) is 83.0 cm³/mol. The lowest BCUT2D eigenvalue weighted by atomic mass is 9.73. The summed E-state index contributed by atoms with van der Waals surface area (Å²) in [5.41, 5.74) is 3.52. The monoisotopic (exact) mass is 276 g/mol. The Hall–Kier alpha value is -1.03. The van der Waals surface area contributed by atoms with Gasteiger partial charge in [0.2, 0.25) is 0 Å². The summed E-state index contributed by atoms with van der Waals surface area (Å²) in [4.78, 5) is 2.67. The Morgan fingerprint density at radius 1 is 1.20 bits per heavy atom. The Morgan fingerprint density at radius 2 is 1.85 bits per heavy atom. The fourth-order valence-corrected chi connectivity index (χ4v) is 4.06. The molecule has 0 radical (unpaired) electrons. The van der Waals surface area contributed by atoms with Crippen molar-refractivity contribution in [3.8, 4) is 0 Å². The zero-order valence-corrected chi connectivity index (χ0v) is 13.2. The second kappa shape index (κ2) is 5.40. The molecule has 2 unspecified atom stereocenters. The zero-order valence-electron chi connectivity index (χ0n) is 13.2. The lowest BCUT2D eigenvalue weighted by Crippen LogP contribution is -2.56. The number of likely N-dealkylation sites (tertiary alicyclic amines) is 1. The van der Waals surface area contributed by atoms with Crippen LogP contribution in [-0.4, -0.2) is 40.3 Å². The Labute approximate surface area is 122 Å². The molecular formula is C16H28N4. The Kier molecular flexibility index (Phi) is 3.76. The highest BCUT2D eigenvalue weighted by Crippen LogP contribution is 2.38. The van der Waals surface area contributed by atoms with Gasteiger partial charge < -0.3 is 10.2 Å². The summed E-state index contributed by atoms with van der Waals surface area (Å²) in [6.07, 6.45) is 4.14. The number of hydrogen-bond donors (Lipinski definition) is 2. The molecule has 2 atom stereocenters. The van der Waals surface area contributed by atoms with E-state index in [-0.39, 0.29) is 0 Å². The van der Waals surface area contributed by atoms with Crippen LogP contribution in [-0.2, 0) is 0 Å². The normalized spacial score (nSPS) is 30.8. The van der Waals surface area contributed by atoms with Crippen molar-refractivity contribution in [1.82, 2.24) is 15.1 Å². The van der Waals surface area contributed by atoms with Crippen LogP contribution in [0.15, 0.2) is 0 Å². The molecule has 20 heavy (non-hydrogen) atoms. The van der Waals surface area contributed by atoms with Crippen LogP contribution < -0.4 is 5.32 Å². The smallest absolute Gasteiger partial charge is 0.0825 e. The second-order valence-corrected chi connectivity index (χ2v) is 6.98. The van der Waals surface area contributed by atoms with E-state index in [1.807, 2.05) is 0 Å². The molecule has 1 aliphatic heterocycles. The molecule has 1 saturated carbocycles. The van der Waals surface area contributed by atoms with Crippen LogP contribution in [0.1, 0.15) is 44.5 Å². The van der Waals surface area contributed by atoms with Crippen LogP contribution in [0.4, 0.5) is 5.69 Å². The molecule has 3 rings (SSSR count). The lowest BCUT2D eigenvalue weighted by molar-refractivity contribution is 0.0518. The number of rotatable bonds is 3. The SMILES string of the molecule is Cc1n[nH]c(C)c1NC1C2CCCC1CN(C(C)C)C2. The molecule has 112 valence electrons. The Bertz CT molecular complexity index is 432. The van der Waals surface area contributed by atoms with Gasteiger partial charge in [0.05, 0.1) is 17.1 Å². The van der Waals surface area contributed by atoms with E-state index in [9.17, 15) is 0 Å². The number of nitrogens with zero attached hydrogens (tertiary/aromatic N) is 2. The first-order chi connectivity index (χ1) is 9.56. The first-order valence-corrected chi connectivity index (χ1v) is 8.08. The van der Waals surface area contributed by atoms with Gasteiger partial charge in [-0.25, -0.2) is 0 Å². The number of anilines is 1. The molecule has 2 N–H and O–H groups in total. The molecule has 1 aromatic heterocycles. The lowest BCUT2D eigenvalue weighted by Gasteiger charge is -2.49. The highest BCUT2D eigenvalue weighted by molar-refractivity contribution is 5.52. The Balaban J connectivity index is 1.77. The molecule has 0 spiro atoms. The minimum atomic E-state index is 0.633. The first kappa shape index (κ1) is 13.9. The summed E-state index contributed by atoms with van der Waals surface area (Å²) in [5.74, 6) is 1.58. The summed E-state index contributed by atoms with van der Waals surface area (Å²) in [6, 6.07) is 1.31. The highest BCUT2D eigenvalue weighted by atomic mass is 15.2. The van der Waals surface area contributed by atoms with Crippen molar-refractivity contribution in [1.29, 1.82) is 0 Å². The van der Waals surface area contributed by atoms with Gasteiger partial charge in [0.1, 0.15) is 0 Å². The number of aryl methyl sites for hydroxylation is 2. The molecule has 2 aliphatic rings. The van der Waals surface area contributed by atoms with E-state index in [4.69, 9.17) is 0 Å². The van der Waals surface area contributed by atoms with Gasteiger partial charge in [0.25, 0.3) is 0 Å². The average Bonchev–Trinajstić information content (AvgIpc) is 2.70. The summed E-state index contributed by atoms with van der Waals surface area (Å²) >= 11 is 0. The molecule has 2 bridgehead atoms. The van der Waals surface area contributed by atoms with Gasteiger partial charge in [-0.3, -0.25) is 5.10 Å². The van der Waals surface area contributed by atoms with Crippen LogP contribution in [0.25, 0.3) is 0 Å². The van der Waals surface area contributed by atoms with Crippen LogP contribution in [0.2, 0.25) is 0 Å². The van der Waals surface area contributed by atoms with Crippen molar-refractivity contribution in [2.45, 2.75) is 59.0 Å². The average molecular weight is 276 g/mol. The van der Waals surface area contributed by atoms with E-state index in [1.54, 1.807) is 0 Å². The molecular weight excluding hydrogens is 248 g/mol. The van der Waals surface area contributed by atoms with E-state index in [0.29, 0.717) is 12.1 Å². The van der Waals surface area contributed by atoms with Gasteiger partial charge in [-0.2, -0.15) is 5.10 Å². The predicted octanol–water partition coefficient (Wildman–Crippen LogP) is 2.95. The fourth-order valence-electron chi connectivity index (χ4n) is 4.06. The standard InChI is InChI=1S/C16H28N4/c1-10(2)20-8-13-6-5-7-14(9-20)16(13)17-15-11(3)18-19-12(15)4/h10,13-14,16-17H,5-9H2,1-4H3,(H,18,19). The number of fused-ring (bicyclic) bond motifs is 2. The Morgan fingerprint density at radius 3 is 2.35 bits per heavy atom. The molecule has 1 aliphatic carbocycles. The van der Waals surface area contributed by atoms with Gasteiger partial charge in [-0.1, -0.05) is 6.42 Å². The van der Waals surface area contributed by atoms with Crippen molar-refractivity contribution >= 4 is 5.69 Å². The molecule has 0 aromatic carbocycles. The zero-order chi connectivity index (χ0) is 14.3. The van der Waals surface area contributed by atoms with Crippen LogP contribution in [0, 0.1) is 25.7 Å². The number of aromatic amines is 1. The molecule has 1 aromatic rings.